The molecule has 0 aliphatic heterocycles. The van der Waals surface area contributed by atoms with Crippen LogP contribution in [-0.4, -0.2) is 27.6 Å². The molecule has 1 aromatic heterocycles. The van der Waals surface area contributed by atoms with Crippen molar-refractivity contribution in [2.24, 2.45) is 7.05 Å². The van der Waals surface area contributed by atoms with Crippen molar-refractivity contribution in [2.45, 2.75) is 0 Å². The molecule has 0 bridgehead atoms. The summed E-state index contributed by atoms with van der Waals surface area (Å²) in [4.78, 5) is 10.9. The van der Waals surface area contributed by atoms with Gasteiger partial charge in [0.2, 0.25) is 0 Å². The molecule has 0 fully saturated rings. The minimum Gasteiger partial charge on any atom is -0.445 e. The fraction of sp³-hybridized carbons (Fsp3) is 0.333. The minimum atomic E-state index is -0.635. The van der Waals surface area contributed by atoms with E-state index in [1.165, 1.54) is 10.9 Å². The van der Waals surface area contributed by atoms with Crippen molar-refractivity contribution >= 4 is 5.97 Å². The van der Waals surface area contributed by atoms with Crippen LogP contribution in [0.1, 0.15) is 10.5 Å². The van der Waals surface area contributed by atoms with E-state index < -0.39 is 5.97 Å². The number of aryl methyl sites for hydroxylation is 1. The first-order chi connectivity index (χ1) is 5.74. The molecular formula is C6H6N4O2. The van der Waals surface area contributed by atoms with E-state index in [0.29, 0.717) is 0 Å². The predicted octanol–water partition coefficient (Wildman–Crippen LogP) is -0.505. The standard InChI is InChI=1S/C6H6N4O2/c1-10-4-5(8-9-10)6(11)12-3-2-7/h4H,3H2,1H3. The van der Waals surface area contributed by atoms with Crippen molar-refractivity contribution in [1.29, 1.82) is 5.26 Å². The molecule has 62 valence electrons. The first-order valence-electron chi connectivity index (χ1n) is 3.14. The van der Waals surface area contributed by atoms with Crippen LogP contribution in [-0.2, 0) is 11.8 Å². The molecule has 0 aromatic carbocycles. The zero-order valence-electron chi connectivity index (χ0n) is 6.39. The topological polar surface area (TPSA) is 80.8 Å². The van der Waals surface area contributed by atoms with Gasteiger partial charge in [-0.15, -0.1) is 5.10 Å². The molecule has 0 radical (unpaired) electrons. The van der Waals surface area contributed by atoms with Gasteiger partial charge in [0.25, 0.3) is 0 Å². The van der Waals surface area contributed by atoms with Gasteiger partial charge in [-0.1, -0.05) is 5.21 Å². The zero-order valence-corrected chi connectivity index (χ0v) is 6.39. The highest BCUT2D eigenvalue weighted by atomic mass is 16.5. The lowest BCUT2D eigenvalue weighted by atomic mass is 10.5. The van der Waals surface area contributed by atoms with Gasteiger partial charge in [0.15, 0.2) is 12.3 Å². The summed E-state index contributed by atoms with van der Waals surface area (Å²) < 4.78 is 5.85. The van der Waals surface area contributed by atoms with Crippen LogP contribution in [0.4, 0.5) is 0 Å². The lowest BCUT2D eigenvalue weighted by Crippen LogP contribution is -2.05. The number of nitriles is 1. The van der Waals surface area contributed by atoms with Crippen LogP contribution < -0.4 is 0 Å². The molecular weight excluding hydrogens is 160 g/mol. The maximum atomic E-state index is 10.9. The number of nitrogens with zero attached hydrogens (tertiary/aromatic N) is 4. The summed E-state index contributed by atoms with van der Waals surface area (Å²) in [5, 5.41) is 15.1. The second-order valence-corrected chi connectivity index (χ2v) is 2.01. The number of esters is 1. The Balaban J connectivity index is 2.61. The van der Waals surface area contributed by atoms with Gasteiger partial charge in [0.1, 0.15) is 6.07 Å². The van der Waals surface area contributed by atoms with Crippen molar-refractivity contribution in [2.75, 3.05) is 6.61 Å². The Hall–Kier alpha value is -1.90. The quantitative estimate of drug-likeness (QED) is 0.553. The molecule has 1 aromatic rings. The molecule has 0 amide bonds. The van der Waals surface area contributed by atoms with Crippen molar-refractivity contribution in [3.05, 3.63) is 11.9 Å². The third kappa shape index (κ3) is 1.79. The van der Waals surface area contributed by atoms with Crippen LogP contribution >= 0.6 is 0 Å². The summed E-state index contributed by atoms with van der Waals surface area (Å²) in [6.45, 7) is -0.268. The smallest absolute Gasteiger partial charge is 0.361 e. The van der Waals surface area contributed by atoms with E-state index in [0.717, 1.165) is 0 Å². The van der Waals surface area contributed by atoms with Crippen molar-refractivity contribution in [1.82, 2.24) is 15.0 Å². The fourth-order valence-corrected chi connectivity index (χ4v) is 0.613. The fourth-order valence-electron chi connectivity index (χ4n) is 0.613. The Bertz CT molecular complexity index is 325. The van der Waals surface area contributed by atoms with E-state index in [4.69, 9.17) is 5.26 Å². The summed E-state index contributed by atoms with van der Waals surface area (Å²) >= 11 is 0. The predicted molar refractivity (Wildman–Crippen MR) is 36.9 cm³/mol. The van der Waals surface area contributed by atoms with Crippen LogP contribution in [0.25, 0.3) is 0 Å². The van der Waals surface area contributed by atoms with Crippen molar-refractivity contribution in [3.63, 3.8) is 0 Å². The summed E-state index contributed by atoms with van der Waals surface area (Å²) in [7, 11) is 1.63. The monoisotopic (exact) mass is 166 g/mol. The first-order valence-corrected chi connectivity index (χ1v) is 3.14. The normalized spacial score (nSPS) is 9.00. The van der Waals surface area contributed by atoms with Crippen LogP contribution in [0.15, 0.2) is 6.20 Å². The number of carbonyl (C=O) groups is 1. The maximum Gasteiger partial charge on any atom is 0.361 e. The molecule has 0 aliphatic carbocycles. The molecule has 0 unspecified atom stereocenters. The van der Waals surface area contributed by atoms with Crippen LogP contribution in [0.2, 0.25) is 0 Å². The lowest BCUT2D eigenvalue weighted by molar-refractivity contribution is 0.0548. The average molecular weight is 166 g/mol. The Kier molecular flexibility index (Phi) is 2.38. The van der Waals surface area contributed by atoms with Crippen LogP contribution in [0.5, 0.6) is 0 Å². The Labute approximate surface area is 68.4 Å². The third-order valence-electron chi connectivity index (χ3n) is 1.08. The lowest BCUT2D eigenvalue weighted by Gasteiger charge is -1.92. The molecule has 12 heavy (non-hydrogen) atoms. The van der Waals surface area contributed by atoms with Crippen LogP contribution in [0, 0.1) is 11.3 Å². The summed E-state index contributed by atoms with van der Waals surface area (Å²) in [5.41, 5.74) is 0.104. The molecule has 0 spiro atoms. The molecule has 0 atom stereocenters. The van der Waals surface area contributed by atoms with E-state index in [1.54, 1.807) is 13.1 Å². The number of carbonyl (C=O) groups excluding carboxylic acids is 1. The highest BCUT2D eigenvalue weighted by Crippen LogP contribution is 1.93. The third-order valence-corrected chi connectivity index (χ3v) is 1.08. The largest absolute Gasteiger partial charge is 0.445 e. The molecule has 6 nitrogen and oxygen atoms in total. The first kappa shape index (κ1) is 8.20. The van der Waals surface area contributed by atoms with Crippen molar-refractivity contribution < 1.29 is 9.53 Å². The molecule has 6 heteroatoms. The van der Waals surface area contributed by atoms with E-state index in [1.807, 2.05) is 0 Å². The van der Waals surface area contributed by atoms with Crippen LogP contribution in [0.3, 0.4) is 0 Å². The number of ether oxygens (including phenoxy) is 1. The van der Waals surface area contributed by atoms with Gasteiger partial charge in [-0.3, -0.25) is 4.68 Å². The number of hydrogen-bond donors (Lipinski definition) is 0. The van der Waals surface area contributed by atoms with E-state index >= 15 is 0 Å². The minimum absolute atomic E-state index is 0.104. The SMILES string of the molecule is Cn1cc(C(=O)OCC#N)nn1. The zero-order chi connectivity index (χ0) is 8.97. The average Bonchev–Trinajstić information content (AvgIpc) is 2.47. The van der Waals surface area contributed by atoms with E-state index in [2.05, 4.69) is 15.0 Å². The Morgan fingerprint density at radius 3 is 3.17 bits per heavy atom. The number of rotatable bonds is 2. The van der Waals surface area contributed by atoms with Gasteiger partial charge in [-0.2, -0.15) is 5.26 Å². The summed E-state index contributed by atoms with van der Waals surface area (Å²) in [6.07, 6.45) is 1.42. The highest BCUT2D eigenvalue weighted by molar-refractivity contribution is 5.86. The second kappa shape index (κ2) is 3.48. The Morgan fingerprint density at radius 2 is 2.67 bits per heavy atom. The van der Waals surface area contributed by atoms with Gasteiger partial charge in [0.05, 0.1) is 6.20 Å². The van der Waals surface area contributed by atoms with Gasteiger partial charge >= 0.3 is 5.97 Å². The number of hydrogen-bond acceptors (Lipinski definition) is 5. The highest BCUT2D eigenvalue weighted by Gasteiger charge is 2.10. The summed E-state index contributed by atoms with van der Waals surface area (Å²) in [5.74, 6) is -0.635. The van der Waals surface area contributed by atoms with Gasteiger partial charge < -0.3 is 4.74 Å². The Morgan fingerprint density at radius 1 is 1.92 bits per heavy atom. The molecule has 0 N–H and O–H groups in total. The summed E-state index contributed by atoms with van der Waals surface area (Å²) in [6, 6.07) is 1.68. The van der Waals surface area contributed by atoms with Crippen molar-refractivity contribution in [3.8, 4) is 6.07 Å². The molecule has 0 saturated heterocycles. The van der Waals surface area contributed by atoms with Gasteiger partial charge in [0, 0.05) is 7.05 Å². The molecule has 0 aliphatic rings. The molecule has 1 rings (SSSR count). The number of aromatic nitrogens is 3. The maximum absolute atomic E-state index is 10.9. The van der Waals surface area contributed by atoms with E-state index in [-0.39, 0.29) is 12.3 Å². The second-order valence-electron chi connectivity index (χ2n) is 2.01. The molecule has 0 saturated carbocycles. The van der Waals surface area contributed by atoms with E-state index in [9.17, 15) is 4.79 Å². The van der Waals surface area contributed by atoms with Gasteiger partial charge in [-0.05, 0) is 0 Å². The molecule has 1 heterocycles. The van der Waals surface area contributed by atoms with Gasteiger partial charge in [-0.25, -0.2) is 4.79 Å².